The van der Waals surface area contributed by atoms with Crippen LogP contribution < -0.4 is 0 Å². The number of hydrogen-bond acceptors (Lipinski definition) is 3. The predicted octanol–water partition coefficient (Wildman–Crippen LogP) is -0.125. The molecular formula is C7H12O3. The van der Waals surface area contributed by atoms with Gasteiger partial charge in [-0.15, -0.1) is 0 Å². The third-order valence-electron chi connectivity index (χ3n) is 1.03. The Kier molecular flexibility index (Phi) is 4.80. The van der Waals surface area contributed by atoms with Gasteiger partial charge < -0.3 is 10.2 Å². The van der Waals surface area contributed by atoms with E-state index in [1.807, 2.05) is 0 Å². The Morgan fingerprint density at radius 3 is 2.70 bits per heavy atom. The summed E-state index contributed by atoms with van der Waals surface area (Å²) >= 11 is 0. The van der Waals surface area contributed by atoms with E-state index < -0.39 is 12.7 Å². The van der Waals surface area contributed by atoms with Crippen LogP contribution in [0.2, 0.25) is 0 Å². The number of aliphatic hydroxyl groups is 2. The third-order valence-corrected chi connectivity index (χ3v) is 1.03. The highest BCUT2D eigenvalue weighted by Crippen LogP contribution is 1.93. The fraction of sp³-hybridized carbons (Fsp3) is 0.571. The van der Waals surface area contributed by atoms with Gasteiger partial charge in [0.15, 0.2) is 5.78 Å². The molecule has 3 nitrogen and oxygen atoms in total. The standard InChI is InChI=1S/C7H12O3/c1-2-3-6(9)4-7(10)5-8/h2-3,6,8-9H,4-5H2,1H3/b3-2+. The Bertz CT molecular complexity index is 129. The SMILES string of the molecule is C/C=C/C(O)CC(=O)CO. The van der Waals surface area contributed by atoms with Gasteiger partial charge in [-0.05, 0) is 6.92 Å². The van der Waals surface area contributed by atoms with Gasteiger partial charge in [-0.3, -0.25) is 4.79 Å². The van der Waals surface area contributed by atoms with Crippen LogP contribution in [0.1, 0.15) is 13.3 Å². The van der Waals surface area contributed by atoms with Crippen LogP contribution in [0.25, 0.3) is 0 Å². The first-order valence-electron chi connectivity index (χ1n) is 3.14. The second-order valence-electron chi connectivity index (χ2n) is 1.99. The Hall–Kier alpha value is -0.670. The fourth-order valence-corrected chi connectivity index (χ4v) is 0.588. The van der Waals surface area contributed by atoms with E-state index in [1.165, 1.54) is 6.08 Å². The van der Waals surface area contributed by atoms with Crippen LogP contribution in [0.4, 0.5) is 0 Å². The first-order valence-corrected chi connectivity index (χ1v) is 3.14. The molecular weight excluding hydrogens is 132 g/mol. The minimum absolute atomic E-state index is 0.000833. The Labute approximate surface area is 60.0 Å². The molecule has 1 atom stereocenters. The molecule has 0 aromatic rings. The van der Waals surface area contributed by atoms with Gasteiger partial charge in [-0.25, -0.2) is 0 Å². The van der Waals surface area contributed by atoms with Crippen molar-refractivity contribution in [2.24, 2.45) is 0 Å². The highest BCUT2D eigenvalue weighted by Gasteiger charge is 2.04. The van der Waals surface area contributed by atoms with E-state index in [0.717, 1.165) is 0 Å². The molecule has 0 aliphatic heterocycles. The van der Waals surface area contributed by atoms with E-state index in [-0.39, 0.29) is 12.2 Å². The summed E-state index contributed by atoms with van der Waals surface area (Å²) in [6.07, 6.45) is 2.42. The van der Waals surface area contributed by atoms with Crippen molar-refractivity contribution in [1.29, 1.82) is 0 Å². The zero-order chi connectivity index (χ0) is 7.98. The number of hydrogen-bond donors (Lipinski definition) is 2. The van der Waals surface area contributed by atoms with E-state index in [4.69, 9.17) is 10.2 Å². The molecule has 0 bridgehead atoms. The molecule has 0 aliphatic carbocycles. The van der Waals surface area contributed by atoms with Gasteiger partial charge in [0.25, 0.3) is 0 Å². The van der Waals surface area contributed by atoms with Crippen molar-refractivity contribution in [3.63, 3.8) is 0 Å². The maximum absolute atomic E-state index is 10.5. The van der Waals surface area contributed by atoms with Crippen molar-refractivity contribution in [3.05, 3.63) is 12.2 Å². The van der Waals surface area contributed by atoms with E-state index in [0.29, 0.717) is 0 Å². The number of allylic oxidation sites excluding steroid dienone is 1. The largest absolute Gasteiger partial charge is 0.389 e. The molecule has 0 saturated carbocycles. The van der Waals surface area contributed by atoms with Crippen LogP contribution in [0.5, 0.6) is 0 Å². The summed E-state index contributed by atoms with van der Waals surface area (Å²) in [6.45, 7) is 1.27. The van der Waals surface area contributed by atoms with Crippen molar-refractivity contribution in [1.82, 2.24) is 0 Å². The Balaban J connectivity index is 3.57. The summed E-state index contributed by atoms with van der Waals surface area (Å²) in [5.74, 6) is -0.342. The van der Waals surface area contributed by atoms with Crippen LogP contribution in [0.3, 0.4) is 0 Å². The lowest BCUT2D eigenvalue weighted by atomic mass is 10.2. The highest BCUT2D eigenvalue weighted by atomic mass is 16.3. The van der Waals surface area contributed by atoms with Gasteiger partial charge >= 0.3 is 0 Å². The smallest absolute Gasteiger partial charge is 0.161 e. The monoisotopic (exact) mass is 144 g/mol. The van der Waals surface area contributed by atoms with Crippen LogP contribution in [-0.4, -0.2) is 28.7 Å². The maximum Gasteiger partial charge on any atom is 0.161 e. The Morgan fingerprint density at radius 1 is 1.70 bits per heavy atom. The molecule has 0 spiro atoms. The maximum atomic E-state index is 10.5. The summed E-state index contributed by atoms with van der Waals surface area (Å²) in [5, 5.41) is 17.2. The summed E-state index contributed by atoms with van der Waals surface area (Å²) in [4.78, 5) is 10.5. The normalized spacial score (nSPS) is 13.9. The second kappa shape index (κ2) is 5.14. The molecule has 0 aliphatic rings. The molecule has 10 heavy (non-hydrogen) atoms. The van der Waals surface area contributed by atoms with Gasteiger partial charge in [0.05, 0.1) is 6.10 Å². The Morgan fingerprint density at radius 2 is 2.30 bits per heavy atom. The number of aliphatic hydroxyl groups excluding tert-OH is 2. The quantitative estimate of drug-likeness (QED) is 0.540. The number of carbonyl (C=O) groups excluding carboxylic acids is 1. The van der Waals surface area contributed by atoms with Crippen molar-refractivity contribution in [3.8, 4) is 0 Å². The molecule has 0 aromatic heterocycles. The number of carbonyl (C=O) groups is 1. The fourth-order valence-electron chi connectivity index (χ4n) is 0.588. The molecule has 0 heterocycles. The molecule has 0 radical (unpaired) electrons. The summed E-state index contributed by atoms with van der Waals surface area (Å²) in [6, 6.07) is 0. The van der Waals surface area contributed by atoms with Crippen LogP contribution >= 0.6 is 0 Å². The van der Waals surface area contributed by atoms with Crippen molar-refractivity contribution in [2.45, 2.75) is 19.4 Å². The van der Waals surface area contributed by atoms with Gasteiger partial charge in [0.2, 0.25) is 0 Å². The average molecular weight is 144 g/mol. The topological polar surface area (TPSA) is 57.5 Å². The van der Waals surface area contributed by atoms with Gasteiger partial charge in [0, 0.05) is 6.42 Å². The molecule has 3 heteroatoms. The number of rotatable bonds is 4. The van der Waals surface area contributed by atoms with Gasteiger partial charge in [0.1, 0.15) is 6.61 Å². The summed E-state index contributed by atoms with van der Waals surface area (Å²) in [7, 11) is 0. The van der Waals surface area contributed by atoms with Crippen LogP contribution in [0, 0.1) is 0 Å². The minimum Gasteiger partial charge on any atom is -0.389 e. The van der Waals surface area contributed by atoms with Gasteiger partial charge in [-0.1, -0.05) is 12.2 Å². The predicted molar refractivity (Wildman–Crippen MR) is 37.5 cm³/mol. The van der Waals surface area contributed by atoms with E-state index in [9.17, 15) is 4.79 Å². The first-order chi connectivity index (χ1) is 4.70. The van der Waals surface area contributed by atoms with Crippen molar-refractivity contribution < 1.29 is 15.0 Å². The van der Waals surface area contributed by atoms with Crippen molar-refractivity contribution >= 4 is 5.78 Å². The average Bonchev–Trinajstić information content (AvgIpc) is 1.88. The lowest BCUT2D eigenvalue weighted by Gasteiger charge is -2.00. The van der Waals surface area contributed by atoms with Crippen LogP contribution in [0.15, 0.2) is 12.2 Å². The third kappa shape index (κ3) is 4.23. The zero-order valence-electron chi connectivity index (χ0n) is 5.95. The van der Waals surface area contributed by atoms with E-state index in [2.05, 4.69) is 0 Å². The molecule has 0 rings (SSSR count). The van der Waals surface area contributed by atoms with Crippen LogP contribution in [-0.2, 0) is 4.79 Å². The second-order valence-corrected chi connectivity index (χ2v) is 1.99. The molecule has 0 amide bonds. The molecule has 0 saturated heterocycles. The summed E-state index contributed by atoms with van der Waals surface area (Å²) in [5.41, 5.74) is 0. The minimum atomic E-state index is -0.746. The number of ketones is 1. The lowest BCUT2D eigenvalue weighted by Crippen LogP contribution is -2.13. The molecule has 0 aromatic carbocycles. The molecule has 0 fully saturated rings. The van der Waals surface area contributed by atoms with Gasteiger partial charge in [-0.2, -0.15) is 0 Å². The molecule has 1 unspecified atom stereocenters. The zero-order valence-corrected chi connectivity index (χ0v) is 5.95. The summed E-state index contributed by atoms with van der Waals surface area (Å²) < 4.78 is 0. The van der Waals surface area contributed by atoms with E-state index in [1.54, 1.807) is 13.0 Å². The molecule has 2 N–H and O–H groups in total. The first kappa shape index (κ1) is 9.33. The molecule has 58 valence electrons. The van der Waals surface area contributed by atoms with E-state index >= 15 is 0 Å². The number of Topliss-reactive ketones (excluding diaryl/α,β-unsaturated/α-hetero) is 1. The lowest BCUT2D eigenvalue weighted by molar-refractivity contribution is -0.123. The van der Waals surface area contributed by atoms with Crippen molar-refractivity contribution in [2.75, 3.05) is 6.61 Å². The highest BCUT2D eigenvalue weighted by molar-refractivity contribution is 5.80.